The highest BCUT2D eigenvalue weighted by Gasteiger charge is 2.39. The van der Waals surface area contributed by atoms with Gasteiger partial charge in [0, 0.05) is 13.1 Å². The Kier molecular flexibility index (Phi) is 2.40. The van der Waals surface area contributed by atoms with Gasteiger partial charge in [0.2, 0.25) is 0 Å². The Labute approximate surface area is 76.1 Å². The minimum Gasteiger partial charge on any atom is -0.306 e. The maximum absolute atomic E-state index is 2.54. The first-order valence-corrected chi connectivity index (χ1v) is 5.49. The standard InChI is InChI=1S/C11H21N/c1-3-4-11-9-5-6-10(11)8-12(2)7-9/h9-11H,3-8H2,1-2H3. The molecule has 2 aliphatic rings. The zero-order chi connectivity index (χ0) is 8.55. The first kappa shape index (κ1) is 8.55. The van der Waals surface area contributed by atoms with Crippen LogP contribution in [-0.2, 0) is 0 Å². The molecule has 2 rings (SSSR count). The summed E-state index contributed by atoms with van der Waals surface area (Å²) >= 11 is 0. The Bertz CT molecular complexity index is 141. The third-order valence-corrected chi connectivity index (χ3v) is 3.83. The average Bonchev–Trinajstić information content (AvgIpc) is 2.32. The third kappa shape index (κ3) is 1.39. The van der Waals surface area contributed by atoms with E-state index in [2.05, 4.69) is 18.9 Å². The van der Waals surface area contributed by atoms with Gasteiger partial charge in [0.15, 0.2) is 0 Å². The molecule has 1 nitrogen and oxygen atoms in total. The second-order valence-electron chi connectivity index (χ2n) is 4.77. The number of hydrogen-bond donors (Lipinski definition) is 0. The van der Waals surface area contributed by atoms with Crippen LogP contribution in [0.15, 0.2) is 0 Å². The third-order valence-electron chi connectivity index (χ3n) is 3.83. The van der Waals surface area contributed by atoms with Crippen molar-refractivity contribution >= 4 is 0 Å². The van der Waals surface area contributed by atoms with Crippen LogP contribution in [0.4, 0.5) is 0 Å². The number of fused-ring (bicyclic) bond motifs is 2. The van der Waals surface area contributed by atoms with Crippen LogP contribution in [0.3, 0.4) is 0 Å². The molecule has 1 heterocycles. The van der Waals surface area contributed by atoms with Crippen molar-refractivity contribution in [3.05, 3.63) is 0 Å². The summed E-state index contributed by atoms with van der Waals surface area (Å²) in [7, 11) is 2.29. The molecule has 1 heteroatoms. The lowest BCUT2D eigenvalue weighted by atomic mass is 9.82. The monoisotopic (exact) mass is 167 g/mol. The molecule has 2 fully saturated rings. The van der Waals surface area contributed by atoms with E-state index in [9.17, 15) is 0 Å². The molecule has 2 bridgehead atoms. The molecule has 0 amide bonds. The van der Waals surface area contributed by atoms with Gasteiger partial charge in [0.05, 0.1) is 0 Å². The van der Waals surface area contributed by atoms with Gasteiger partial charge in [0.25, 0.3) is 0 Å². The molecular weight excluding hydrogens is 146 g/mol. The van der Waals surface area contributed by atoms with E-state index in [1.807, 2.05) is 0 Å². The average molecular weight is 167 g/mol. The van der Waals surface area contributed by atoms with Gasteiger partial charge in [0.1, 0.15) is 0 Å². The van der Waals surface area contributed by atoms with Gasteiger partial charge >= 0.3 is 0 Å². The molecular formula is C11H21N. The van der Waals surface area contributed by atoms with Crippen molar-refractivity contribution in [3.8, 4) is 0 Å². The lowest BCUT2D eigenvalue weighted by Crippen LogP contribution is -2.39. The van der Waals surface area contributed by atoms with E-state index in [0.717, 1.165) is 17.8 Å². The van der Waals surface area contributed by atoms with Crippen LogP contribution >= 0.6 is 0 Å². The zero-order valence-electron chi connectivity index (χ0n) is 8.42. The fourth-order valence-electron chi connectivity index (χ4n) is 3.37. The second-order valence-corrected chi connectivity index (χ2v) is 4.77. The van der Waals surface area contributed by atoms with Crippen molar-refractivity contribution in [2.45, 2.75) is 32.6 Å². The normalized spacial score (nSPS) is 42.0. The molecule has 0 aromatic heterocycles. The smallest absolute Gasteiger partial charge is 0.000949 e. The number of hydrogen-bond acceptors (Lipinski definition) is 1. The van der Waals surface area contributed by atoms with Gasteiger partial charge in [-0.05, 0) is 37.6 Å². The number of rotatable bonds is 2. The molecule has 0 aromatic carbocycles. The minimum atomic E-state index is 1.05. The molecule has 0 radical (unpaired) electrons. The van der Waals surface area contributed by atoms with E-state index in [0.29, 0.717) is 0 Å². The van der Waals surface area contributed by atoms with Crippen LogP contribution < -0.4 is 0 Å². The fourth-order valence-corrected chi connectivity index (χ4v) is 3.37. The lowest BCUT2D eigenvalue weighted by Gasteiger charge is -2.35. The molecule has 1 aliphatic heterocycles. The van der Waals surface area contributed by atoms with Gasteiger partial charge in [-0.2, -0.15) is 0 Å². The van der Waals surface area contributed by atoms with Crippen LogP contribution in [0.25, 0.3) is 0 Å². The molecule has 2 atom stereocenters. The van der Waals surface area contributed by atoms with Crippen molar-refractivity contribution < 1.29 is 0 Å². The molecule has 1 aliphatic carbocycles. The van der Waals surface area contributed by atoms with E-state index in [1.165, 1.54) is 38.8 Å². The summed E-state index contributed by atoms with van der Waals surface area (Å²) < 4.78 is 0. The minimum absolute atomic E-state index is 1.05. The van der Waals surface area contributed by atoms with Crippen LogP contribution in [0.1, 0.15) is 32.6 Å². The van der Waals surface area contributed by atoms with Gasteiger partial charge in [-0.3, -0.25) is 0 Å². The van der Waals surface area contributed by atoms with Crippen molar-refractivity contribution in [3.63, 3.8) is 0 Å². The number of likely N-dealkylation sites (tertiary alicyclic amines) is 1. The van der Waals surface area contributed by atoms with Crippen LogP contribution in [0, 0.1) is 17.8 Å². The van der Waals surface area contributed by atoms with Crippen molar-refractivity contribution in [2.75, 3.05) is 20.1 Å². The summed E-state index contributed by atoms with van der Waals surface area (Å²) in [5.74, 6) is 3.19. The largest absolute Gasteiger partial charge is 0.306 e. The number of piperidine rings is 1. The summed E-state index contributed by atoms with van der Waals surface area (Å²) in [6.07, 6.45) is 5.91. The predicted octanol–water partition coefficient (Wildman–Crippen LogP) is 2.37. The predicted molar refractivity (Wildman–Crippen MR) is 52.1 cm³/mol. The highest BCUT2D eigenvalue weighted by atomic mass is 15.1. The summed E-state index contributed by atoms with van der Waals surface area (Å²) in [6.45, 7) is 5.08. The molecule has 12 heavy (non-hydrogen) atoms. The SMILES string of the molecule is CCCC1C2CCC1CN(C)C2. The first-order chi connectivity index (χ1) is 5.81. The topological polar surface area (TPSA) is 3.24 Å². The summed E-state index contributed by atoms with van der Waals surface area (Å²) in [5.41, 5.74) is 0. The van der Waals surface area contributed by atoms with Crippen LogP contribution in [0.2, 0.25) is 0 Å². The van der Waals surface area contributed by atoms with E-state index < -0.39 is 0 Å². The Hall–Kier alpha value is -0.0400. The molecule has 1 saturated carbocycles. The first-order valence-electron chi connectivity index (χ1n) is 5.49. The molecule has 0 spiro atoms. The molecule has 0 N–H and O–H groups in total. The van der Waals surface area contributed by atoms with Crippen molar-refractivity contribution in [1.29, 1.82) is 0 Å². The zero-order valence-corrected chi connectivity index (χ0v) is 8.42. The highest BCUT2D eigenvalue weighted by molar-refractivity contribution is 4.91. The maximum Gasteiger partial charge on any atom is 0.000949 e. The van der Waals surface area contributed by atoms with E-state index >= 15 is 0 Å². The fraction of sp³-hybridized carbons (Fsp3) is 1.00. The quantitative estimate of drug-likeness (QED) is 0.610. The maximum atomic E-state index is 2.54. The van der Waals surface area contributed by atoms with E-state index in [1.54, 1.807) is 0 Å². The van der Waals surface area contributed by atoms with Crippen molar-refractivity contribution in [2.24, 2.45) is 17.8 Å². The Balaban J connectivity index is 1.99. The lowest BCUT2D eigenvalue weighted by molar-refractivity contribution is 0.126. The van der Waals surface area contributed by atoms with Gasteiger partial charge < -0.3 is 4.90 Å². The second kappa shape index (κ2) is 3.37. The van der Waals surface area contributed by atoms with E-state index in [4.69, 9.17) is 0 Å². The Morgan fingerprint density at radius 1 is 1.17 bits per heavy atom. The van der Waals surface area contributed by atoms with Crippen LogP contribution in [0.5, 0.6) is 0 Å². The summed E-state index contributed by atoms with van der Waals surface area (Å²) in [4.78, 5) is 2.54. The number of nitrogens with zero attached hydrogens (tertiary/aromatic N) is 1. The molecule has 2 unspecified atom stereocenters. The Morgan fingerprint density at radius 3 is 2.25 bits per heavy atom. The van der Waals surface area contributed by atoms with Crippen molar-refractivity contribution in [1.82, 2.24) is 4.90 Å². The molecule has 70 valence electrons. The summed E-state index contributed by atoms with van der Waals surface area (Å²) in [5, 5.41) is 0. The van der Waals surface area contributed by atoms with Gasteiger partial charge in [-0.15, -0.1) is 0 Å². The van der Waals surface area contributed by atoms with E-state index in [-0.39, 0.29) is 0 Å². The summed E-state index contributed by atoms with van der Waals surface area (Å²) in [6, 6.07) is 0. The highest BCUT2D eigenvalue weighted by Crippen LogP contribution is 2.43. The van der Waals surface area contributed by atoms with Gasteiger partial charge in [-0.1, -0.05) is 19.8 Å². The Morgan fingerprint density at radius 2 is 1.75 bits per heavy atom. The van der Waals surface area contributed by atoms with Gasteiger partial charge in [-0.25, -0.2) is 0 Å². The van der Waals surface area contributed by atoms with Crippen LogP contribution in [-0.4, -0.2) is 25.0 Å². The molecule has 0 aromatic rings. The molecule has 1 saturated heterocycles.